The molecule has 6 nitrogen and oxygen atoms in total. The zero-order valence-corrected chi connectivity index (χ0v) is 15.2. The van der Waals surface area contributed by atoms with Gasteiger partial charge in [0.1, 0.15) is 5.69 Å². The van der Waals surface area contributed by atoms with Gasteiger partial charge in [-0.1, -0.05) is 18.2 Å². The summed E-state index contributed by atoms with van der Waals surface area (Å²) < 4.78 is 13.5. The predicted molar refractivity (Wildman–Crippen MR) is 97.9 cm³/mol. The number of para-hydroxylation sites is 1. The number of ether oxygens (including phenoxy) is 2. The number of fused-ring (bicyclic) bond motifs is 1. The molecule has 0 aliphatic carbocycles. The highest BCUT2D eigenvalue weighted by molar-refractivity contribution is 5.98. The van der Waals surface area contributed by atoms with E-state index in [1.54, 1.807) is 0 Å². The maximum Gasteiger partial charge on any atom is 0.268 e. The molecule has 0 bridgehead atoms. The Labute approximate surface area is 148 Å². The van der Waals surface area contributed by atoms with Gasteiger partial charge in [0.15, 0.2) is 0 Å². The van der Waals surface area contributed by atoms with Crippen LogP contribution in [-0.2, 0) is 16.5 Å². The highest BCUT2D eigenvalue weighted by Gasteiger charge is 2.29. The van der Waals surface area contributed by atoms with Crippen molar-refractivity contribution < 1.29 is 14.3 Å². The molecular formula is C19H27N3O3. The number of benzene rings is 1. The topological polar surface area (TPSA) is 55.7 Å². The summed E-state index contributed by atoms with van der Waals surface area (Å²) in [5, 5.41) is 4.17. The van der Waals surface area contributed by atoms with Crippen molar-refractivity contribution in [2.24, 2.45) is 7.05 Å². The second kappa shape index (κ2) is 7.99. The van der Waals surface area contributed by atoms with Gasteiger partial charge in [-0.3, -0.25) is 4.79 Å². The van der Waals surface area contributed by atoms with E-state index in [-0.39, 0.29) is 18.1 Å². The van der Waals surface area contributed by atoms with E-state index in [1.165, 1.54) is 0 Å². The second-order valence-corrected chi connectivity index (χ2v) is 6.80. The average molecular weight is 345 g/mol. The fourth-order valence-corrected chi connectivity index (χ4v) is 3.19. The summed E-state index contributed by atoms with van der Waals surface area (Å²) in [4.78, 5) is 14.9. The van der Waals surface area contributed by atoms with Gasteiger partial charge in [-0.15, -0.1) is 0 Å². The maximum absolute atomic E-state index is 12.8. The van der Waals surface area contributed by atoms with Gasteiger partial charge < -0.3 is 24.3 Å². The van der Waals surface area contributed by atoms with E-state index in [4.69, 9.17) is 9.47 Å². The van der Waals surface area contributed by atoms with Crippen LogP contribution in [0.4, 0.5) is 0 Å². The summed E-state index contributed by atoms with van der Waals surface area (Å²) in [7, 11) is 5.96. The molecule has 1 fully saturated rings. The van der Waals surface area contributed by atoms with Crippen molar-refractivity contribution in [3.63, 3.8) is 0 Å². The number of aromatic nitrogens is 1. The smallest absolute Gasteiger partial charge is 0.268 e. The summed E-state index contributed by atoms with van der Waals surface area (Å²) >= 11 is 0. The van der Waals surface area contributed by atoms with Crippen LogP contribution in [0.1, 0.15) is 16.9 Å². The fourth-order valence-electron chi connectivity index (χ4n) is 3.19. The van der Waals surface area contributed by atoms with E-state index in [9.17, 15) is 4.79 Å². The molecular weight excluding hydrogens is 318 g/mol. The second-order valence-electron chi connectivity index (χ2n) is 6.80. The maximum atomic E-state index is 12.8. The first-order chi connectivity index (χ1) is 12.1. The lowest BCUT2D eigenvalue weighted by atomic mass is 10.1. The van der Waals surface area contributed by atoms with Gasteiger partial charge in [-0.05, 0) is 32.6 Å². The van der Waals surface area contributed by atoms with Crippen molar-refractivity contribution in [1.82, 2.24) is 14.8 Å². The first-order valence-corrected chi connectivity index (χ1v) is 8.75. The van der Waals surface area contributed by atoms with Crippen molar-refractivity contribution in [1.29, 1.82) is 0 Å². The number of carbonyl (C=O) groups is 1. The SMILES string of the molecule is CN(C)CCO[C@H]1CCOC[C@H]1NC(=O)c1cc2ccccc2n1C. The Morgan fingerprint density at radius 3 is 2.96 bits per heavy atom. The number of amides is 1. The Balaban J connectivity index is 1.68. The lowest BCUT2D eigenvalue weighted by molar-refractivity contribution is -0.0562. The number of rotatable bonds is 6. The van der Waals surface area contributed by atoms with Crippen LogP contribution in [0, 0.1) is 0 Å². The van der Waals surface area contributed by atoms with Crippen molar-refractivity contribution in [2.45, 2.75) is 18.6 Å². The summed E-state index contributed by atoms with van der Waals surface area (Å²) in [5.74, 6) is -0.0876. The van der Waals surface area contributed by atoms with Gasteiger partial charge in [-0.25, -0.2) is 0 Å². The molecule has 1 aromatic carbocycles. The van der Waals surface area contributed by atoms with E-state index < -0.39 is 0 Å². The molecule has 2 heterocycles. The van der Waals surface area contributed by atoms with Gasteiger partial charge in [0, 0.05) is 31.1 Å². The molecule has 1 aromatic heterocycles. The Kier molecular flexibility index (Phi) is 5.73. The third-order valence-corrected chi connectivity index (χ3v) is 4.66. The van der Waals surface area contributed by atoms with E-state index in [0.717, 1.165) is 23.9 Å². The summed E-state index contributed by atoms with van der Waals surface area (Å²) in [6.45, 7) is 2.68. The molecule has 1 amide bonds. The number of hydrogen-bond donors (Lipinski definition) is 1. The standard InChI is InChI=1S/C19H27N3O3/c1-21(2)9-11-25-18-8-10-24-13-15(18)20-19(23)17-12-14-6-4-5-7-16(14)22(17)3/h4-7,12,15,18H,8-11,13H2,1-3H3,(H,20,23)/t15-,18+/m1/s1. The Morgan fingerprint density at radius 2 is 2.20 bits per heavy atom. The lowest BCUT2D eigenvalue weighted by Gasteiger charge is -2.32. The van der Waals surface area contributed by atoms with Crippen LogP contribution in [0.5, 0.6) is 0 Å². The van der Waals surface area contributed by atoms with Gasteiger partial charge in [0.25, 0.3) is 5.91 Å². The molecule has 0 radical (unpaired) electrons. The number of nitrogens with one attached hydrogen (secondary N) is 1. The van der Waals surface area contributed by atoms with Crippen molar-refractivity contribution in [3.05, 3.63) is 36.0 Å². The molecule has 25 heavy (non-hydrogen) atoms. The number of aryl methyl sites for hydroxylation is 1. The zero-order valence-electron chi connectivity index (χ0n) is 15.2. The van der Waals surface area contributed by atoms with Gasteiger partial charge >= 0.3 is 0 Å². The van der Waals surface area contributed by atoms with Crippen LogP contribution in [0.3, 0.4) is 0 Å². The monoisotopic (exact) mass is 345 g/mol. The highest BCUT2D eigenvalue weighted by Crippen LogP contribution is 2.19. The normalized spacial score (nSPS) is 21.0. The lowest BCUT2D eigenvalue weighted by Crippen LogP contribution is -2.51. The van der Waals surface area contributed by atoms with Gasteiger partial charge in [0.05, 0.1) is 25.4 Å². The first-order valence-electron chi connectivity index (χ1n) is 8.75. The average Bonchev–Trinajstić information content (AvgIpc) is 2.93. The molecule has 0 unspecified atom stereocenters. The van der Waals surface area contributed by atoms with Crippen molar-refractivity contribution in [3.8, 4) is 0 Å². The largest absolute Gasteiger partial charge is 0.379 e. The third kappa shape index (κ3) is 4.21. The van der Waals surface area contributed by atoms with E-state index in [1.807, 2.05) is 56.0 Å². The molecule has 1 aliphatic rings. The molecule has 1 N–H and O–H groups in total. The number of carbonyl (C=O) groups excluding carboxylic acids is 1. The number of likely N-dealkylation sites (N-methyl/N-ethyl adjacent to an activating group) is 1. The Morgan fingerprint density at radius 1 is 1.40 bits per heavy atom. The molecule has 2 atom stereocenters. The quantitative estimate of drug-likeness (QED) is 0.865. The summed E-state index contributed by atoms with van der Waals surface area (Å²) in [6.07, 6.45) is 0.792. The van der Waals surface area contributed by atoms with Crippen LogP contribution in [0.25, 0.3) is 10.9 Å². The molecule has 1 saturated heterocycles. The molecule has 2 aromatic rings. The molecule has 1 aliphatic heterocycles. The molecule has 0 spiro atoms. The van der Waals surface area contributed by atoms with Crippen LogP contribution >= 0.6 is 0 Å². The third-order valence-electron chi connectivity index (χ3n) is 4.66. The van der Waals surface area contributed by atoms with Crippen LogP contribution < -0.4 is 5.32 Å². The van der Waals surface area contributed by atoms with Gasteiger partial charge in [-0.2, -0.15) is 0 Å². The van der Waals surface area contributed by atoms with E-state index in [2.05, 4.69) is 10.2 Å². The van der Waals surface area contributed by atoms with Crippen molar-refractivity contribution in [2.75, 3.05) is 40.5 Å². The van der Waals surface area contributed by atoms with Crippen LogP contribution in [0.15, 0.2) is 30.3 Å². The fraction of sp³-hybridized carbons (Fsp3) is 0.526. The minimum atomic E-state index is -0.124. The summed E-state index contributed by atoms with van der Waals surface area (Å²) in [5.41, 5.74) is 1.70. The van der Waals surface area contributed by atoms with Gasteiger partial charge in [0.2, 0.25) is 0 Å². The van der Waals surface area contributed by atoms with E-state index >= 15 is 0 Å². The minimum absolute atomic E-state index is 0.00710. The Hall–Kier alpha value is -1.89. The molecule has 6 heteroatoms. The van der Waals surface area contributed by atoms with Crippen LogP contribution in [0.2, 0.25) is 0 Å². The summed E-state index contributed by atoms with van der Waals surface area (Å²) in [6, 6.07) is 9.80. The molecule has 3 rings (SSSR count). The minimum Gasteiger partial charge on any atom is -0.379 e. The molecule has 136 valence electrons. The first kappa shape index (κ1) is 17.9. The van der Waals surface area contributed by atoms with E-state index in [0.29, 0.717) is 25.5 Å². The zero-order chi connectivity index (χ0) is 17.8. The highest BCUT2D eigenvalue weighted by atomic mass is 16.5. The number of nitrogens with zero attached hydrogens (tertiary/aromatic N) is 2. The van der Waals surface area contributed by atoms with Crippen LogP contribution in [-0.4, -0.2) is 68.0 Å². The predicted octanol–water partition coefficient (Wildman–Crippen LogP) is 1.64. The molecule has 0 saturated carbocycles. The van der Waals surface area contributed by atoms with Crippen molar-refractivity contribution >= 4 is 16.8 Å². The Bertz CT molecular complexity index is 726. The number of hydrogen-bond acceptors (Lipinski definition) is 4.